The Balaban J connectivity index is 1.97. The molecule has 1 fully saturated rings. The van der Waals surface area contributed by atoms with E-state index in [2.05, 4.69) is 10.6 Å². The molecule has 9 heteroatoms. The van der Waals surface area contributed by atoms with Gasteiger partial charge in [0, 0.05) is 11.3 Å². The van der Waals surface area contributed by atoms with Crippen molar-refractivity contribution in [2.45, 2.75) is 35.9 Å². The standard InChI is InChI=1S/C14H18N2O5S2/c1-14(2)10(13(20)21)16-8(23-14)5-15-11(17)9(12(18)19)7-3-4-22-6-7/h3-4,6,8-10,16H,5H2,1-2H3,(H,15,17)(H,18,19)(H,20,21)/t8?,9-,10+/m1/s1. The van der Waals surface area contributed by atoms with Crippen molar-refractivity contribution < 1.29 is 24.6 Å². The summed E-state index contributed by atoms with van der Waals surface area (Å²) in [7, 11) is 0. The Morgan fingerprint density at radius 3 is 2.57 bits per heavy atom. The molecular weight excluding hydrogens is 340 g/mol. The predicted molar refractivity (Wildman–Crippen MR) is 87.7 cm³/mol. The van der Waals surface area contributed by atoms with Gasteiger partial charge in [0.05, 0.1) is 5.37 Å². The number of hydrogen-bond donors (Lipinski definition) is 4. The molecule has 126 valence electrons. The molecule has 2 rings (SSSR count). The molecule has 0 aliphatic carbocycles. The van der Waals surface area contributed by atoms with Crippen LogP contribution in [0.5, 0.6) is 0 Å². The Kier molecular flexibility index (Phi) is 5.33. The van der Waals surface area contributed by atoms with Gasteiger partial charge in [-0.25, -0.2) is 0 Å². The summed E-state index contributed by atoms with van der Waals surface area (Å²) in [6.07, 6.45) is 0. The lowest BCUT2D eigenvalue weighted by atomic mass is 10.0. The lowest BCUT2D eigenvalue weighted by molar-refractivity contribution is -0.143. The zero-order valence-corrected chi connectivity index (χ0v) is 14.2. The predicted octanol–water partition coefficient (Wildman–Crippen LogP) is 0.927. The van der Waals surface area contributed by atoms with Gasteiger partial charge in [0.15, 0.2) is 5.92 Å². The summed E-state index contributed by atoms with van der Waals surface area (Å²) in [6, 6.07) is 0.886. The smallest absolute Gasteiger partial charge is 0.322 e. The number of aliphatic carboxylic acids is 2. The molecule has 1 saturated heterocycles. The summed E-state index contributed by atoms with van der Waals surface area (Å²) in [6.45, 7) is 3.79. The Morgan fingerprint density at radius 2 is 2.09 bits per heavy atom. The van der Waals surface area contributed by atoms with Gasteiger partial charge < -0.3 is 15.5 Å². The third kappa shape index (κ3) is 4.04. The maximum Gasteiger partial charge on any atom is 0.322 e. The number of nitrogens with one attached hydrogen (secondary N) is 2. The molecule has 1 aliphatic heterocycles. The number of thioether (sulfide) groups is 1. The summed E-state index contributed by atoms with van der Waals surface area (Å²) in [5.41, 5.74) is 0.441. The highest BCUT2D eigenvalue weighted by Gasteiger charge is 2.45. The number of carbonyl (C=O) groups is 3. The Bertz CT molecular complexity index is 602. The van der Waals surface area contributed by atoms with Crippen LogP contribution in [0.4, 0.5) is 0 Å². The first kappa shape index (κ1) is 17.8. The van der Waals surface area contributed by atoms with Crippen molar-refractivity contribution in [2.24, 2.45) is 0 Å². The van der Waals surface area contributed by atoms with E-state index in [-0.39, 0.29) is 11.9 Å². The van der Waals surface area contributed by atoms with Crippen molar-refractivity contribution in [3.05, 3.63) is 22.4 Å². The molecule has 4 N–H and O–H groups in total. The van der Waals surface area contributed by atoms with Crippen molar-refractivity contribution in [3.8, 4) is 0 Å². The highest BCUT2D eigenvalue weighted by atomic mass is 32.2. The van der Waals surface area contributed by atoms with Crippen LogP contribution in [0.2, 0.25) is 0 Å². The minimum absolute atomic E-state index is 0.157. The maximum atomic E-state index is 12.2. The molecule has 0 aromatic carbocycles. The van der Waals surface area contributed by atoms with Crippen LogP contribution in [0.25, 0.3) is 0 Å². The maximum absolute atomic E-state index is 12.2. The van der Waals surface area contributed by atoms with Gasteiger partial charge in [-0.3, -0.25) is 19.7 Å². The monoisotopic (exact) mass is 358 g/mol. The lowest BCUT2D eigenvalue weighted by Gasteiger charge is -2.20. The van der Waals surface area contributed by atoms with E-state index in [1.807, 2.05) is 13.8 Å². The molecule has 0 bridgehead atoms. The van der Waals surface area contributed by atoms with E-state index < -0.39 is 34.6 Å². The largest absolute Gasteiger partial charge is 0.480 e. The molecule has 0 saturated carbocycles. The summed E-state index contributed by atoms with van der Waals surface area (Å²) in [5, 5.41) is 27.0. The van der Waals surface area contributed by atoms with Crippen LogP contribution in [0.15, 0.2) is 16.8 Å². The number of carboxylic acid groups (broad SMARTS) is 2. The van der Waals surface area contributed by atoms with E-state index in [0.717, 1.165) is 0 Å². The first-order chi connectivity index (χ1) is 10.7. The zero-order chi connectivity index (χ0) is 17.2. The molecular formula is C14H18N2O5S2. The van der Waals surface area contributed by atoms with Gasteiger partial charge in [0.1, 0.15) is 6.04 Å². The second-order valence-electron chi connectivity index (χ2n) is 5.72. The summed E-state index contributed by atoms with van der Waals surface area (Å²) in [5.74, 6) is -4.01. The van der Waals surface area contributed by atoms with Gasteiger partial charge in [-0.15, -0.1) is 11.8 Å². The summed E-state index contributed by atoms with van der Waals surface area (Å²) in [4.78, 5) is 34.7. The van der Waals surface area contributed by atoms with E-state index in [1.54, 1.807) is 16.8 Å². The quantitative estimate of drug-likeness (QED) is 0.559. The number of thiophene rings is 1. The lowest BCUT2D eigenvalue weighted by Crippen LogP contribution is -2.47. The molecule has 0 spiro atoms. The van der Waals surface area contributed by atoms with E-state index >= 15 is 0 Å². The number of rotatable bonds is 6. The Hall–Kier alpha value is -1.58. The van der Waals surface area contributed by atoms with Crippen molar-refractivity contribution in [1.29, 1.82) is 0 Å². The van der Waals surface area contributed by atoms with Gasteiger partial charge in [-0.05, 0) is 36.2 Å². The molecule has 1 amide bonds. The van der Waals surface area contributed by atoms with E-state index in [1.165, 1.54) is 23.1 Å². The number of carboxylic acids is 2. The summed E-state index contributed by atoms with van der Waals surface area (Å²) >= 11 is 2.74. The first-order valence-corrected chi connectivity index (χ1v) is 8.74. The van der Waals surface area contributed by atoms with Crippen molar-refractivity contribution in [2.75, 3.05) is 6.54 Å². The zero-order valence-electron chi connectivity index (χ0n) is 12.6. The van der Waals surface area contributed by atoms with Gasteiger partial charge in [0.2, 0.25) is 5.91 Å². The Labute approximate surface area is 141 Å². The minimum atomic E-state index is -1.25. The normalized spacial score (nSPS) is 24.1. The van der Waals surface area contributed by atoms with Gasteiger partial charge in [-0.2, -0.15) is 11.3 Å². The van der Waals surface area contributed by atoms with Gasteiger partial charge in [-0.1, -0.05) is 0 Å². The second kappa shape index (κ2) is 6.90. The van der Waals surface area contributed by atoms with Crippen LogP contribution >= 0.6 is 23.1 Å². The van der Waals surface area contributed by atoms with Crippen molar-refractivity contribution >= 4 is 40.9 Å². The van der Waals surface area contributed by atoms with E-state index in [9.17, 15) is 24.6 Å². The second-order valence-corrected chi connectivity index (χ2v) is 8.36. The van der Waals surface area contributed by atoms with Crippen LogP contribution in [0, 0.1) is 0 Å². The highest BCUT2D eigenvalue weighted by molar-refractivity contribution is 8.01. The Morgan fingerprint density at radius 1 is 1.39 bits per heavy atom. The van der Waals surface area contributed by atoms with Crippen LogP contribution in [-0.4, -0.2) is 50.8 Å². The van der Waals surface area contributed by atoms with Crippen LogP contribution < -0.4 is 10.6 Å². The minimum Gasteiger partial charge on any atom is -0.480 e. The fraction of sp³-hybridized carbons (Fsp3) is 0.500. The molecule has 1 aromatic rings. The topological polar surface area (TPSA) is 116 Å². The van der Waals surface area contributed by atoms with Gasteiger partial charge in [0.25, 0.3) is 0 Å². The molecule has 2 heterocycles. The molecule has 1 unspecified atom stereocenters. The summed E-state index contributed by atoms with van der Waals surface area (Å²) < 4.78 is -0.513. The fourth-order valence-corrected chi connectivity index (χ4v) is 4.56. The van der Waals surface area contributed by atoms with Gasteiger partial charge >= 0.3 is 11.9 Å². The average Bonchev–Trinajstić information content (AvgIpc) is 3.03. The van der Waals surface area contributed by atoms with Crippen LogP contribution in [0.1, 0.15) is 25.3 Å². The van der Waals surface area contributed by atoms with E-state index in [4.69, 9.17) is 0 Å². The van der Waals surface area contributed by atoms with Crippen molar-refractivity contribution in [1.82, 2.24) is 10.6 Å². The molecule has 0 radical (unpaired) electrons. The number of carbonyl (C=O) groups excluding carboxylic acids is 1. The fourth-order valence-electron chi connectivity index (χ4n) is 2.47. The molecule has 7 nitrogen and oxygen atoms in total. The number of amides is 1. The van der Waals surface area contributed by atoms with Crippen molar-refractivity contribution in [3.63, 3.8) is 0 Å². The third-order valence-corrected chi connectivity index (χ3v) is 5.72. The molecule has 23 heavy (non-hydrogen) atoms. The molecule has 1 aliphatic rings. The average molecular weight is 358 g/mol. The first-order valence-electron chi connectivity index (χ1n) is 6.91. The SMILES string of the molecule is CC1(C)SC(CNC(=O)[C@H](C(=O)O)c2ccsc2)N[C@H]1C(=O)O. The molecule has 1 aromatic heterocycles. The highest BCUT2D eigenvalue weighted by Crippen LogP contribution is 2.37. The molecule has 3 atom stereocenters. The van der Waals surface area contributed by atoms with E-state index in [0.29, 0.717) is 5.56 Å². The number of hydrogen-bond acceptors (Lipinski definition) is 6. The van der Waals surface area contributed by atoms with Crippen LogP contribution in [-0.2, 0) is 14.4 Å². The van der Waals surface area contributed by atoms with Crippen LogP contribution in [0.3, 0.4) is 0 Å². The third-order valence-electron chi connectivity index (χ3n) is 3.59.